The number of nitrogen functional groups attached to an aromatic ring is 1. The van der Waals surface area contributed by atoms with Crippen LogP contribution < -0.4 is 5.84 Å². The third-order valence-electron chi connectivity index (χ3n) is 1.75. The van der Waals surface area contributed by atoms with Crippen LogP contribution in [-0.4, -0.2) is 14.9 Å². The maximum atomic E-state index is 5.79. The monoisotopic (exact) mass is 168 g/mol. The molecule has 0 saturated carbocycles. The number of hydrogen-bond acceptors (Lipinski definition) is 3. The van der Waals surface area contributed by atoms with Gasteiger partial charge >= 0.3 is 0 Å². The molecular weight excluding hydrogens is 152 g/mol. The van der Waals surface area contributed by atoms with Gasteiger partial charge in [0.25, 0.3) is 0 Å². The molecule has 0 spiro atoms. The van der Waals surface area contributed by atoms with Crippen LogP contribution in [0.5, 0.6) is 0 Å². The van der Waals surface area contributed by atoms with Crippen molar-refractivity contribution in [2.24, 2.45) is 0 Å². The molecule has 0 aliphatic carbocycles. The lowest BCUT2D eigenvalue weighted by Gasteiger charge is -2.16. The number of nitrogens with zero attached hydrogens (tertiary/aromatic N) is 3. The van der Waals surface area contributed by atoms with Gasteiger partial charge in [0, 0.05) is 11.8 Å². The second-order valence-electron chi connectivity index (χ2n) is 3.91. The zero-order chi connectivity index (χ0) is 9.35. The van der Waals surface area contributed by atoms with Crippen molar-refractivity contribution < 1.29 is 0 Å². The molecule has 0 radical (unpaired) electrons. The molecule has 0 bridgehead atoms. The van der Waals surface area contributed by atoms with E-state index in [1.165, 1.54) is 0 Å². The van der Waals surface area contributed by atoms with Crippen LogP contribution in [-0.2, 0) is 11.8 Å². The summed E-state index contributed by atoms with van der Waals surface area (Å²) < 4.78 is 1.58. The summed E-state index contributed by atoms with van der Waals surface area (Å²) >= 11 is 0. The van der Waals surface area contributed by atoms with Gasteiger partial charge in [0.05, 0.1) is 0 Å². The van der Waals surface area contributed by atoms with Crippen LogP contribution >= 0.6 is 0 Å². The highest BCUT2D eigenvalue weighted by atomic mass is 15.4. The molecule has 0 amide bonds. The third kappa shape index (κ3) is 1.42. The molecule has 2 N–H and O–H groups in total. The normalized spacial score (nSPS) is 12.0. The first-order valence-corrected chi connectivity index (χ1v) is 4.16. The van der Waals surface area contributed by atoms with Crippen LogP contribution in [0.15, 0.2) is 0 Å². The molecule has 1 aromatic heterocycles. The Morgan fingerprint density at radius 1 is 1.33 bits per heavy atom. The first-order chi connectivity index (χ1) is 5.46. The lowest BCUT2D eigenvalue weighted by molar-refractivity contribution is 0.525. The van der Waals surface area contributed by atoms with E-state index in [1.54, 1.807) is 4.68 Å². The Kier molecular flexibility index (Phi) is 2.08. The molecule has 4 heteroatoms. The highest BCUT2D eigenvalue weighted by Crippen LogP contribution is 2.18. The van der Waals surface area contributed by atoms with Crippen molar-refractivity contribution in [1.29, 1.82) is 0 Å². The fourth-order valence-corrected chi connectivity index (χ4v) is 1.08. The Morgan fingerprint density at radius 2 is 1.92 bits per heavy atom. The molecule has 0 aliphatic rings. The molecule has 12 heavy (non-hydrogen) atoms. The van der Waals surface area contributed by atoms with Crippen molar-refractivity contribution in [3.05, 3.63) is 11.6 Å². The minimum Gasteiger partial charge on any atom is -0.336 e. The van der Waals surface area contributed by atoms with E-state index in [0.29, 0.717) is 0 Å². The number of rotatable bonds is 1. The molecule has 1 heterocycles. The molecule has 0 saturated heterocycles. The Morgan fingerprint density at radius 3 is 2.17 bits per heavy atom. The lowest BCUT2D eigenvalue weighted by atomic mass is 9.96. The molecule has 0 unspecified atom stereocenters. The Labute approximate surface area is 72.8 Å². The average molecular weight is 168 g/mol. The van der Waals surface area contributed by atoms with Crippen LogP contribution in [0.4, 0.5) is 0 Å². The molecule has 1 aromatic rings. The van der Waals surface area contributed by atoms with Crippen molar-refractivity contribution in [2.45, 2.75) is 39.5 Å². The molecule has 0 aliphatic heterocycles. The number of hydrogen-bond donors (Lipinski definition) is 1. The van der Waals surface area contributed by atoms with E-state index in [1.807, 2.05) is 6.92 Å². The zero-order valence-electron chi connectivity index (χ0n) is 8.13. The summed E-state index contributed by atoms with van der Waals surface area (Å²) in [4.78, 5) is 0. The van der Waals surface area contributed by atoms with Crippen molar-refractivity contribution in [3.63, 3.8) is 0 Å². The summed E-state index contributed by atoms with van der Waals surface area (Å²) in [5.41, 5.74) is -0.0326. The lowest BCUT2D eigenvalue weighted by Crippen LogP contribution is -2.24. The van der Waals surface area contributed by atoms with E-state index >= 15 is 0 Å². The van der Waals surface area contributed by atoms with Crippen LogP contribution in [0.25, 0.3) is 0 Å². The van der Waals surface area contributed by atoms with Crippen molar-refractivity contribution in [3.8, 4) is 0 Å². The molecular formula is C8H16N4. The van der Waals surface area contributed by atoms with Gasteiger partial charge in [-0.1, -0.05) is 27.7 Å². The molecule has 68 valence electrons. The summed E-state index contributed by atoms with van der Waals surface area (Å²) in [5.74, 6) is 7.46. The summed E-state index contributed by atoms with van der Waals surface area (Å²) in [6.45, 7) is 8.22. The molecule has 4 nitrogen and oxygen atoms in total. The number of aryl methyl sites for hydroxylation is 1. The first-order valence-electron chi connectivity index (χ1n) is 4.16. The van der Waals surface area contributed by atoms with Gasteiger partial charge in [-0.25, -0.2) is 4.68 Å². The largest absolute Gasteiger partial charge is 0.336 e. The van der Waals surface area contributed by atoms with E-state index in [9.17, 15) is 0 Å². The number of aromatic nitrogens is 3. The maximum Gasteiger partial charge on any atom is 0.157 e. The standard InChI is InChI=1S/C8H16N4/c1-5-6-10-11-7(12(6)9)8(2,3)4/h5,9H2,1-4H3. The van der Waals surface area contributed by atoms with Gasteiger partial charge in [-0.15, -0.1) is 10.2 Å². The van der Waals surface area contributed by atoms with Gasteiger partial charge in [-0.3, -0.25) is 0 Å². The van der Waals surface area contributed by atoms with Crippen LogP contribution in [0.3, 0.4) is 0 Å². The topological polar surface area (TPSA) is 56.7 Å². The minimum atomic E-state index is -0.0326. The van der Waals surface area contributed by atoms with Gasteiger partial charge in [0.1, 0.15) is 0 Å². The van der Waals surface area contributed by atoms with E-state index in [4.69, 9.17) is 5.84 Å². The van der Waals surface area contributed by atoms with Crippen molar-refractivity contribution in [2.75, 3.05) is 5.84 Å². The summed E-state index contributed by atoms with van der Waals surface area (Å²) in [6, 6.07) is 0. The highest BCUT2D eigenvalue weighted by Gasteiger charge is 2.21. The first kappa shape index (κ1) is 9.03. The van der Waals surface area contributed by atoms with E-state index in [2.05, 4.69) is 31.0 Å². The SMILES string of the molecule is CCc1nnc(C(C)(C)C)n1N. The van der Waals surface area contributed by atoms with Gasteiger partial charge in [0.2, 0.25) is 0 Å². The molecule has 1 rings (SSSR count). The fourth-order valence-electron chi connectivity index (χ4n) is 1.08. The fraction of sp³-hybridized carbons (Fsp3) is 0.750. The van der Waals surface area contributed by atoms with Gasteiger partial charge < -0.3 is 5.84 Å². The Bertz CT molecular complexity index is 269. The third-order valence-corrected chi connectivity index (χ3v) is 1.75. The Hall–Kier alpha value is -1.06. The molecule has 0 fully saturated rings. The van der Waals surface area contributed by atoms with Gasteiger partial charge in [-0.2, -0.15) is 0 Å². The van der Waals surface area contributed by atoms with Crippen LogP contribution in [0.1, 0.15) is 39.3 Å². The van der Waals surface area contributed by atoms with E-state index in [-0.39, 0.29) is 5.41 Å². The predicted molar refractivity (Wildman–Crippen MR) is 48.3 cm³/mol. The van der Waals surface area contributed by atoms with E-state index < -0.39 is 0 Å². The van der Waals surface area contributed by atoms with Gasteiger partial charge in [0.15, 0.2) is 11.6 Å². The Balaban J connectivity index is 3.11. The zero-order valence-corrected chi connectivity index (χ0v) is 8.13. The highest BCUT2D eigenvalue weighted by molar-refractivity contribution is 5.05. The second kappa shape index (κ2) is 2.77. The second-order valence-corrected chi connectivity index (χ2v) is 3.91. The number of nitrogens with two attached hydrogens (primary N) is 1. The van der Waals surface area contributed by atoms with Gasteiger partial charge in [-0.05, 0) is 0 Å². The van der Waals surface area contributed by atoms with Crippen molar-refractivity contribution >= 4 is 0 Å². The summed E-state index contributed by atoms with van der Waals surface area (Å²) in [5, 5.41) is 8.03. The summed E-state index contributed by atoms with van der Waals surface area (Å²) in [6.07, 6.45) is 0.819. The minimum absolute atomic E-state index is 0.0326. The smallest absolute Gasteiger partial charge is 0.157 e. The predicted octanol–water partition coefficient (Wildman–Crippen LogP) is 0.852. The van der Waals surface area contributed by atoms with Crippen molar-refractivity contribution in [1.82, 2.24) is 14.9 Å². The average Bonchev–Trinajstić information content (AvgIpc) is 2.29. The summed E-state index contributed by atoms with van der Waals surface area (Å²) in [7, 11) is 0. The quantitative estimate of drug-likeness (QED) is 0.632. The van der Waals surface area contributed by atoms with Crippen LogP contribution in [0, 0.1) is 0 Å². The molecule has 0 atom stereocenters. The molecule has 0 aromatic carbocycles. The van der Waals surface area contributed by atoms with Crippen LogP contribution in [0.2, 0.25) is 0 Å². The maximum absolute atomic E-state index is 5.79. The van der Waals surface area contributed by atoms with E-state index in [0.717, 1.165) is 18.1 Å².